The summed E-state index contributed by atoms with van der Waals surface area (Å²) < 4.78 is 46.2. The smallest absolute Gasteiger partial charge is 0.328 e. The van der Waals surface area contributed by atoms with E-state index in [0.717, 1.165) is 6.92 Å². The van der Waals surface area contributed by atoms with Crippen LogP contribution in [0.25, 0.3) is 0 Å². The van der Waals surface area contributed by atoms with E-state index in [1.165, 1.54) is 0 Å². The summed E-state index contributed by atoms with van der Waals surface area (Å²) >= 11 is 4.48. The van der Waals surface area contributed by atoms with Gasteiger partial charge >= 0.3 is 5.69 Å². The first-order chi connectivity index (χ1) is 9.13. The molecular weight excluding hydrogens is 301 g/mol. The van der Waals surface area contributed by atoms with Gasteiger partial charge in [-0.2, -0.15) is 0 Å². The first-order valence-corrected chi connectivity index (χ1v) is 5.90. The van der Waals surface area contributed by atoms with Crippen molar-refractivity contribution in [3.05, 3.63) is 27.1 Å². The summed E-state index contributed by atoms with van der Waals surface area (Å²) in [5, 5.41) is 18.4. The SMILES string of the molecule is CC1(F)C(n2cc(F)c(=S)[nH]c2=O)OC(F)(CO)C1O. The minimum absolute atomic E-state index is 0.394. The number of halogens is 3. The number of aliphatic hydroxyl groups excluding tert-OH is 2. The maximum atomic E-state index is 14.4. The summed E-state index contributed by atoms with van der Waals surface area (Å²) in [7, 11) is 0. The van der Waals surface area contributed by atoms with Gasteiger partial charge in [0.1, 0.15) is 11.2 Å². The molecule has 1 aliphatic rings. The second-order valence-electron chi connectivity index (χ2n) is 4.61. The number of hydrogen-bond acceptors (Lipinski definition) is 5. The number of rotatable bonds is 2. The van der Waals surface area contributed by atoms with Crippen LogP contribution in [-0.4, -0.2) is 44.0 Å². The Morgan fingerprint density at radius 3 is 2.70 bits per heavy atom. The molecule has 0 aromatic carbocycles. The van der Waals surface area contributed by atoms with Crippen LogP contribution in [0.4, 0.5) is 13.2 Å². The van der Waals surface area contributed by atoms with Crippen molar-refractivity contribution in [2.45, 2.75) is 30.8 Å². The Morgan fingerprint density at radius 1 is 1.60 bits per heavy atom. The van der Waals surface area contributed by atoms with E-state index < -0.39 is 46.6 Å². The molecule has 6 nitrogen and oxygen atoms in total. The average Bonchev–Trinajstić information content (AvgIpc) is 2.56. The van der Waals surface area contributed by atoms with Gasteiger partial charge in [-0.1, -0.05) is 12.2 Å². The Morgan fingerprint density at radius 2 is 2.20 bits per heavy atom. The molecule has 2 heterocycles. The summed E-state index contributed by atoms with van der Waals surface area (Å²) in [4.78, 5) is 13.5. The Bertz CT molecular complexity index is 646. The highest BCUT2D eigenvalue weighted by Crippen LogP contribution is 2.46. The number of ether oxygens (including phenoxy) is 1. The fourth-order valence-corrected chi connectivity index (χ4v) is 2.15. The lowest BCUT2D eigenvalue weighted by molar-refractivity contribution is -0.207. The van der Waals surface area contributed by atoms with Crippen LogP contribution in [0, 0.1) is 10.5 Å². The van der Waals surface area contributed by atoms with E-state index in [1.807, 2.05) is 4.98 Å². The van der Waals surface area contributed by atoms with Crippen LogP contribution in [0.3, 0.4) is 0 Å². The van der Waals surface area contributed by atoms with Gasteiger partial charge in [-0.3, -0.25) is 9.55 Å². The molecule has 1 saturated heterocycles. The van der Waals surface area contributed by atoms with Crippen molar-refractivity contribution >= 4 is 12.2 Å². The first kappa shape index (κ1) is 15.2. The number of hydrogen-bond donors (Lipinski definition) is 3. The Labute approximate surface area is 115 Å². The predicted molar refractivity (Wildman–Crippen MR) is 62.4 cm³/mol. The lowest BCUT2D eigenvalue weighted by Crippen LogP contribution is -2.46. The highest BCUT2D eigenvalue weighted by atomic mass is 32.1. The molecule has 0 spiro atoms. The van der Waals surface area contributed by atoms with Crippen molar-refractivity contribution in [2.24, 2.45) is 0 Å². The van der Waals surface area contributed by atoms with E-state index in [2.05, 4.69) is 17.0 Å². The van der Waals surface area contributed by atoms with Crippen LogP contribution >= 0.6 is 12.2 Å². The van der Waals surface area contributed by atoms with Gasteiger partial charge in [0.25, 0.3) is 5.85 Å². The van der Waals surface area contributed by atoms with Crippen LogP contribution < -0.4 is 5.69 Å². The van der Waals surface area contributed by atoms with Crippen LogP contribution in [0.2, 0.25) is 0 Å². The van der Waals surface area contributed by atoms with E-state index in [-0.39, 0.29) is 0 Å². The van der Waals surface area contributed by atoms with Crippen LogP contribution in [0.1, 0.15) is 13.2 Å². The average molecular weight is 312 g/mol. The third kappa shape index (κ3) is 2.08. The zero-order chi connectivity index (χ0) is 15.3. The molecule has 0 amide bonds. The molecule has 20 heavy (non-hydrogen) atoms. The molecule has 1 aromatic heterocycles. The Balaban J connectivity index is 2.57. The first-order valence-electron chi connectivity index (χ1n) is 5.49. The van der Waals surface area contributed by atoms with Crippen molar-refractivity contribution in [2.75, 3.05) is 6.61 Å². The summed E-state index contributed by atoms with van der Waals surface area (Å²) in [5.74, 6) is -4.15. The monoisotopic (exact) mass is 312 g/mol. The molecular formula is C10H11F3N2O4S. The fraction of sp³-hybridized carbons (Fsp3) is 0.600. The van der Waals surface area contributed by atoms with Gasteiger partial charge in [0.15, 0.2) is 23.8 Å². The second-order valence-corrected chi connectivity index (χ2v) is 5.02. The lowest BCUT2D eigenvalue weighted by atomic mass is 9.97. The Kier molecular flexibility index (Phi) is 3.53. The fourth-order valence-electron chi connectivity index (χ4n) is 2.01. The maximum Gasteiger partial charge on any atom is 0.328 e. The minimum atomic E-state index is -3.10. The summed E-state index contributed by atoms with van der Waals surface area (Å²) in [5.41, 5.74) is -3.82. The van der Waals surface area contributed by atoms with Crippen LogP contribution in [-0.2, 0) is 4.74 Å². The van der Waals surface area contributed by atoms with Gasteiger partial charge in [-0.05, 0) is 6.92 Å². The molecule has 1 fully saturated rings. The number of alkyl halides is 2. The largest absolute Gasteiger partial charge is 0.390 e. The third-order valence-electron chi connectivity index (χ3n) is 3.13. The number of aliphatic hydroxyl groups is 2. The molecule has 0 saturated carbocycles. The number of nitrogens with zero attached hydrogens (tertiary/aromatic N) is 1. The molecule has 1 aromatic rings. The van der Waals surface area contributed by atoms with E-state index in [1.54, 1.807) is 0 Å². The van der Waals surface area contributed by atoms with Crippen molar-refractivity contribution in [3.63, 3.8) is 0 Å². The molecule has 112 valence electrons. The van der Waals surface area contributed by atoms with Gasteiger partial charge in [-0.15, -0.1) is 0 Å². The molecule has 0 aliphatic carbocycles. The minimum Gasteiger partial charge on any atom is -0.390 e. The van der Waals surface area contributed by atoms with E-state index in [0.29, 0.717) is 10.8 Å². The molecule has 4 atom stereocenters. The van der Waals surface area contributed by atoms with Gasteiger partial charge in [-0.25, -0.2) is 18.0 Å². The van der Waals surface area contributed by atoms with Gasteiger partial charge in [0.05, 0.1) is 6.20 Å². The third-order valence-corrected chi connectivity index (χ3v) is 3.42. The highest BCUT2D eigenvalue weighted by molar-refractivity contribution is 7.71. The molecule has 4 unspecified atom stereocenters. The van der Waals surface area contributed by atoms with E-state index in [9.17, 15) is 23.1 Å². The summed E-state index contributed by atoms with van der Waals surface area (Å²) in [6.45, 7) is -0.560. The molecule has 2 rings (SSSR count). The number of nitrogens with one attached hydrogen (secondary N) is 1. The number of aromatic amines is 1. The number of aromatic nitrogens is 2. The molecule has 0 radical (unpaired) electrons. The Hall–Kier alpha value is -1.23. The second kappa shape index (κ2) is 4.65. The van der Waals surface area contributed by atoms with Crippen molar-refractivity contribution in [1.82, 2.24) is 9.55 Å². The van der Waals surface area contributed by atoms with Crippen molar-refractivity contribution in [1.29, 1.82) is 0 Å². The highest BCUT2D eigenvalue weighted by Gasteiger charge is 2.64. The zero-order valence-electron chi connectivity index (χ0n) is 10.1. The maximum absolute atomic E-state index is 14.4. The predicted octanol–water partition coefficient (Wildman–Crippen LogP) is 0.321. The van der Waals surface area contributed by atoms with Crippen molar-refractivity contribution < 1.29 is 28.1 Å². The number of H-pyrrole nitrogens is 1. The summed E-state index contributed by atoms with van der Waals surface area (Å²) in [6.07, 6.45) is -3.79. The topological polar surface area (TPSA) is 87.5 Å². The molecule has 1 aliphatic heterocycles. The van der Waals surface area contributed by atoms with Crippen LogP contribution in [0.15, 0.2) is 11.0 Å². The van der Waals surface area contributed by atoms with Gasteiger partial charge < -0.3 is 14.9 Å². The lowest BCUT2D eigenvalue weighted by Gasteiger charge is -2.24. The van der Waals surface area contributed by atoms with Crippen molar-refractivity contribution in [3.8, 4) is 0 Å². The quantitative estimate of drug-likeness (QED) is 0.685. The van der Waals surface area contributed by atoms with Crippen LogP contribution in [0.5, 0.6) is 0 Å². The van der Waals surface area contributed by atoms with E-state index >= 15 is 0 Å². The molecule has 0 bridgehead atoms. The van der Waals surface area contributed by atoms with Gasteiger partial charge in [0, 0.05) is 0 Å². The van der Waals surface area contributed by atoms with E-state index in [4.69, 9.17) is 5.11 Å². The normalized spacial score (nSPS) is 37.3. The molecule has 3 N–H and O–H groups in total. The standard InChI is InChI=1S/C10H11F3N2O4S/c1-9(12)6(17)10(13,3-16)19-7(9)15-2-4(11)5(20)14-8(15)18/h2,6-7,16-17H,3H2,1H3,(H,14,18,20). The molecule has 10 heteroatoms. The zero-order valence-corrected chi connectivity index (χ0v) is 11.0. The van der Waals surface area contributed by atoms with Gasteiger partial charge in [0.2, 0.25) is 0 Å². The summed E-state index contributed by atoms with van der Waals surface area (Å²) in [6, 6.07) is 0.